The molecule has 2 aromatic rings. The van der Waals surface area contributed by atoms with Gasteiger partial charge in [0.05, 0.1) is 5.41 Å². The lowest BCUT2D eigenvalue weighted by molar-refractivity contribution is -0.126. The fourth-order valence-corrected chi connectivity index (χ4v) is 3.44. The molecule has 110 valence electrons. The van der Waals surface area contributed by atoms with Crippen molar-refractivity contribution >= 4 is 5.91 Å². The Bertz CT molecular complexity index is 591. The summed E-state index contributed by atoms with van der Waals surface area (Å²) < 4.78 is 0. The highest BCUT2D eigenvalue weighted by molar-refractivity contribution is 5.88. The van der Waals surface area contributed by atoms with Gasteiger partial charge in [-0.3, -0.25) is 4.79 Å². The Morgan fingerprint density at radius 3 is 1.81 bits per heavy atom. The summed E-state index contributed by atoms with van der Waals surface area (Å²) in [5, 5.41) is 0. The largest absolute Gasteiger partial charge is 0.369 e. The van der Waals surface area contributed by atoms with E-state index in [4.69, 9.17) is 5.73 Å². The average Bonchev–Trinajstić information content (AvgIpc) is 2.49. The van der Waals surface area contributed by atoms with Gasteiger partial charge in [-0.2, -0.15) is 0 Å². The van der Waals surface area contributed by atoms with Crippen LogP contribution in [0.25, 0.3) is 0 Å². The predicted octanol–water partition coefficient (Wildman–Crippen LogP) is 3.87. The number of primary amides is 1. The van der Waals surface area contributed by atoms with Gasteiger partial charge in [-0.15, -0.1) is 0 Å². The lowest BCUT2D eigenvalue weighted by Gasteiger charge is -2.40. The van der Waals surface area contributed by atoms with Crippen molar-refractivity contribution in [2.24, 2.45) is 11.7 Å². The molecule has 0 heterocycles. The van der Waals surface area contributed by atoms with E-state index >= 15 is 0 Å². The monoisotopic (exact) mass is 281 g/mol. The van der Waals surface area contributed by atoms with Crippen molar-refractivity contribution in [2.75, 3.05) is 0 Å². The van der Waals surface area contributed by atoms with E-state index < -0.39 is 5.41 Å². The first-order valence-electron chi connectivity index (χ1n) is 7.41. The summed E-state index contributed by atoms with van der Waals surface area (Å²) in [5.41, 5.74) is 7.32. The molecule has 2 N–H and O–H groups in total. The zero-order chi connectivity index (χ0) is 15.5. The predicted molar refractivity (Wildman–Crippen MR) is 87.0 cm³/mol. The van der Waals surface area contributed by atoms with E-state index in [1.807, 2.05) is 48.5 Å². The molecular weight excluding hydrogens is 258 g/mol. The van der Waals surface area contributed by atoms with Crippen LogP contribution in [0.2, 0.25) is 0 Å². The maximum atomic E-state index is 12.5. The van der Waals surface area contributed by atoms with Crippen LogP contribution in [0.15, 0.2) is 60.7 Å². The minimum absolute atomic E-state index is 0.0126. The van der Waals surface area contributed by atoms with Gasteiger partial charge in [-0.25, -0.2) is 0 Å². The zero-order valence-corrected chi connectivity index (χ0v) is 12.9. The van der Waals surface area contributed by atoms with Crippen LogP contribution in [0, 0.1) is 5.92 Å². The molecule has 0 aliphatic heterocycles. The molecule has 2 atom stereocenters. The highest BCUT2D eigenvalue weighted by atomic mass is 16.1. The number of benzene rings is 2. The van der Waals surface area contributed by atoms with Gasteiger partial charge in [0.1, 0.15) is 0 Å². The fraction of sp³-hybridized carbons (Fsp3) is 0.316. The van der Waals surface area contributed by atoms with Crippen molar-refractivity contribution in [1.82, 2.24) is 0 Å². The van der Waals surface area contributed by atoms with Crippen molar-refractivity contribution in [3.05, 3.63) is 71.8 Å². The van der Waals surface area contributed by atoms with Crippen molar-refractivity contribution in [1.29, 1.82) is 0 Å². The first-order chi connectivity index (χ1) is 10.0. The van der Waals surface area contributed by atoms with Crippen molar-refractivity contribution in [2.45, 2.75) is 32.1 Å². The standard InChI is InChI=1S/C19H23NO/c1-14(2)19(18(20)21,17-12-8-5-9-13-17)15(3)16-10-6-4-7-11-16/h4-15H,1-3H3,(H2,20,21). The third kappa shape index (κ3) is 2.58. The number of carbonyl (C=O) groups is 1. The smallest absolute Gasteiger partial charge is 0.228 e. The number of nitrogens with two attached hydrogens (primary N) is 1. The van der Waals surface area contributed by atoms with E-state index in [0.29, 0.717) is 0 Å². The van der Waals surface area contributed by atoms with Crippen LogP contribution in [-0.4, -0.2) is 5.91 Å². The van der Waals surface area contributed by atoms with Gasteiger partial charge < -0.3 is 5.73 Å². The molecule has 0 aromatic heterocycles. The number of carbonyl (C=O) groups excluding carboxylic acids is 1. The van der Waals surface area contributed by atoms with Gasteiger partial charge in [-0.05, 0) is 23.0 Å². The summed E-state index contributed by atoms with van der Waals surface area (Å²) in [4.78, 5) is 12.5. The summed E-state index contributed by atoms with van der Waals surface area (Å²) in [6, 6.07) is 20.0. The third-order valence-corrected chi connectivity index (χ3v) is 4.55. The molecule has 0 saturated carbocycles. The van der Waals surface area contributed by atoms with E-state index in [1.165, 1.54) is 0 Å². The second-order valence-corrected chi connectivity index (χ2v) is 5.89. The Kier molecular flexibility index (Phi) is 4.46. The molecule has 2 heteroatoms. The molecule has 2 nitrogen and oxygen atoms in total. The first-order valence-corrected chi connectivity index (χ1v) is 7.41. The number of amides is 1. The van der Waals surface area contributed by atoms with Gasteiger partial charge in [0.25, 0.3) is 0 Å². The van der Waals surface area contributed by atoms with Crippen LogP contribution in [0.5, 0.6) is 0 Å². The Labute approximate surface area is 127 Å². The normalized spacial score (nSPS) is 15.4. The SMILES string of the molecule is CC(C)C(C(N)=O)(c1ccccc1)C(C)c1ccccc1. The second kappa shape index (κ2) is 6.13. The Hall–Kier alpha value is -2.09. The van der Waals surface area contributed by atoms with Crippen molar-refractivity contribution in [3.63, 3.8) is 0 Å². The van der Waals surface area contributed by atoms with Gasteiger partial charge in [-0.1, -0.05) is 81.4 Å². The molecule has 2 unspecified atom stereocenters. The molecule has 0 fully saturated rings. The maximum Gasteiger partial charge on any atom is 0.228 e. The summed E-state index contributed by atoms with van der Waals surface area (Å²) in [6.07, 6.45) is 0. The molecule has 2 aromatic carbocycles. The molecule has 0 bridgehead atoms. The molecule has 21 heavy (non-hydrogen) atoms. The highest BCUT2D eigenvalue weighted by Gasteiger charge is 2.46. The van der Waals surface area contributed by atoms with Crippen LogP contribution in [0.4, 0.5) is 0 Å². The molecular formula is C19H23NO. The van der Waals surface area contributed by atoms with Crippen molar-refractivity contribution in [3.8, 4) is 0 Å². The lowest BCUT2D eigenvalue weighted by Crippen LogP contribution is -2.49. The minimum Gasteiger partial charge on any atom is -0.369 e. The molecule has 1 amide bonds. The zero-order valence-electron chi connectivity index (χ0n) is 12.9. The van der Waals surface area contributed by atoms with E-state index in [9.17, 15) is 4.79 Å². The molecule has 0 saturated heterocycles. The average molecular weight is 281 g/mol. The number of rotatable bonds is 5. The lowest BCUT2D eigenvalue weighted by atomic mass is 9.61. The number of hydrogen-bond donors (Lipinski definition) is 1. The van der Waals surface area contributed by atoms with Gasteiger partial charge in [0, 0.05) is 0 Å². The topological polar surface area (TPSA) is 43.1 Å². The summed E-state index contributed by atoms with van der Waals surface area (Å²) in [7, 11) is 0. The van der Waals surface area contributed by atoms with Crippen LogP contribution < -0.4 is 5.73 Å². The van der Waals surface area contributed by atoms with Gasteiger partial charge >= 0.3 is 0 Å². The molecule has 2 rings (SSSR count). The van der Waals surface area contributed by atoms with E-state index in [0.717, 1.165) is 11.1 Å². The van der Waals surface area contributed by atoms with E-state index in [1.54, 1.807) is 0 Å². The summed E-state index contributed by atoms with van der Waals surface area (Å²) >= 11 is 0. The maximum absolute atomic E-state index is 12.5. The highest BCUT2D eigenvalue weighted by Crippen LogP contribution is 2.44. The Balaban J connectivity index is 2.64. The van der Waals surface area contributed by atoms with Crippen LogP contribution in [0.3, 0.4) is 0 Å². The molecule has 0 spiro atoms. The van der Waals surface area contributed by atoms with Gasteiger partial charge in [0.2, 0.25) is 5.91 Å². The molecule has 0 aliphatic carbocycles. The fourth-order valence-electron chi connectivity index (χ4n) is 3.44. The quantitative estimate of drug-likeness (QED) is 0.888. The molecule has 0 radical (unpaired) electrons. The Morgan fingerprint density at radius 2 is 1.38 bits per heavy atom. The number of hydrogen-bond acceptors (Lipinski definition) is 1. The summed E-state index contributed by atoms with van der Waals surface area (Å²) in [6.45, 7) is 6.22. The third-order valence-electron chi connectivity index (χ3n) is 4.55. The first kappa shape index (κ1) is 15.3. The van der Waals surface area contributed by atoms with Crippen molar-refractivity contribution < 1.29 is 4.79 Å². The molecule has 0 aliphatic rings. The van der Waals surface area contributed by atoms with Crippen LogP contribution in [0.1, 0.15) is 37.8 Å². The van der Waals surface area contributed by atoms with Gasteiger partial charge in [0.15, 0.2) is 0 Å². The van der Waals surface area contributed by atoms with E-state index in [2.05, 4.69) is 32.9 Å². The Morgan fingerprint density at radius 1 is 0.905 bits per heavy atom. The minimum atomic E-state index is -0.706. The van der Waals surface area contributed by atoms with Crippen LogP contribution in [-0.2, 0) is 10.2 Å². The summed E-state index contributed by atoms with van der Waals surface area (Å²) in [5.74, 6) is -0.147. The van der Waals surface area contributed by atoms with E-state index in [-0.39, 0.29) is 17.7 Å². The second-order valence-electron chi connectivity index (χ2n) is 5.89. The van der Waals surface area contributed by atoms with Crippen LogP contribution >= 0.6 is 0 Å².